The molecule has 1 heterocycles. The largest absolute Gasteiger partial charge is 0.450 e. The van der Waals surface area contributed by atoms with Gasteiger partial charge in [-0.15, -0.1) is 5.10 Å². The van der Waals surface area contributed by atoms with E-state index in [1.54, 1.807) is 48.5 Å². The van der Waals surface area contributed by atoms with Crippen LogP contribution in [0.15, 0.2) is 90.0 Å². The van der Waals surface area contributed by atoms with Crippen molar-refractivity contribution in [2.45, 2.75) is 20.1 Å². The maximum Gasteiger partial charge on any atom is 0.311 e. The summed E-state index contributed by atoms with van der Waals surface area (Å²) >= 11 is 0. The Balaban J connectivity index is 1.56. The van der Waals surface area contributed by atoms with Gasteiger partial charge in [-0.2, -0.15) is 5.01 Å². The van der Waals surface area contributed by atoms with E-state index in [-0.39, 0.29) is 28.8 Å². The lowest BCUT2D eigenvalue weighted by Gasteiger charge is -2.21. The number of hydrazone groups is 1. The van der Waals surface area contributed by atoms with Gasteiger partial charge in [-0.05, 0) is 41.1 Å². The fourth-order valence-electron chi connectivity index (χ4n) is 4.09. The van der Waals surface area contributed by atoms with Crippen LogP contribution in [0.25, 0.3) is 10.8 Å². The molecule has 0 unspecified atom stereocenters. The molecule has 190 valence electrons. The molecule has 10 nitrogen and oxygen atoms in total. The third-order valence-electron chi connectivity index (χ3n) is 5.77. The first-order valence-electron chi connectivity index (χ1n) is 11.6. The Morgan fingerprint density at radius 2 is 1.53 bits per heavy atom. The molecular formula is C28H21N3O7. The Labute approximate surface area is 216 Å². The van der Waals surface area contributed by atoms with E-state index < -0.39 is 23.0 Å². The summed E-state index contributed by atoms with van der Waals surface area (Å²) < 4.78 is 17.6. The van der Waals surface area contributed by atoms with Crippen LogP contribution in [0.2, 0.25) is 0 Å². The summed E-state index contributed by atoms with van der Waals surface area (Å²) in [5, 5.41) is 18.7. The van der Waals surface area contributed by atoms with Crippen LogP contribution in [0.3, 0.4) is 0 Å². The molecule has 1 atom stereocenters. The van der Waals surface area contributed by atoms with Gasteiger partial charge in [-0.25, -0.2) is 0 Å². The highest BCUT2D eigenvalue weighted by atomic mass is 16.6. The van der Waals surface area contributed by atoms with Crippen molar-refractivity contribution in [1.82, 2.24) is 5.01 Å². The minimum atomic E-state index is -1.04. The average molecular weight is 511 g/mol. The van der Waals surface area contributed by atoms with E-state index in [4.69, 9.17) is 14.2 Å². The van der Waals surface area contributed by atoms with Gasteiger partial charge in [-0.3, -0.25) is 19.7 Å². The van der Waals surface area contributed by atoms with Crippen LogP contribution in [-0.2, 0) is 14.3 Å². The molecule has 4 aromatic rings. The number of nitrogens with zero attached hydrogens (tertiary/aromatic N) is 3. The Kier molecular flexibility index (Phi) is 6.44. The van der Waals surface area contributed by atoms with Crippen LogP contribution in [0.5, 0.6) is 17.2 Å². The van der Waals surface area contributed by atoms with Gasteiger partial charge in [0, 0.05) is 19.9 Å². The first kappa shape index (κ1) is 24.4. The maximum absolute atomic E-state index is 12.6. The Morgan fingerprint density at radius 1 is 0.895 bits per heavy atom. The number of carbonyl (C=O) groups is 2. The number of nitro benzene ring substituents is 1. The third kappa shape index (κ3) is 4.74. The van der Waals surface area contributed by atoms with Crippen molar-refractivity contribution in [3.8, 4) is 17.2 Å². The Morgan fingerprint density at radius 3 is 2.21 bits per heavy atom. The van der Waals surface area contributed by atoms with E-state index in [0.29, 0.717) is 11.1 Å². The van der Waals surface area contributed by atoms with Crippen molar-refractivity contribution >= 4 is 34.2 Å². The minimum absolute atomic E-state index is 0.0325. The third-order valence-corrected chi connectivity index (χ3v) is 5.77. The molecule has 0 saturated carbocycles. The quantitative estimate of drug-likeness (QED) is 0.141. The average Bonchev–Trinajstić information content (AvgIpc) is 3.34. The van der Waals surface area contributed by atoms with Gasteiger partial charge in [0.2, 0.25) is 23.8 Å². The second-order valence-electron chi connectivity index (χ2n) is 8.39. The van der Waals surface area contributed by atoms with Crippen LogP contribution < -0.4 is 9.47 Å². The lowest BCUT2D eigenvalue weighted by Crippen LogP contribution is -2.25. The van der Waals surface area contributed by atoms with Gasteiger partial charge in [0.05, 0.1) is 16.1 Å². The van der Waals surface area contributed by atoms with Crippen LogP contribution in [0, 0.1) is 10.1 Å². The molecule has 0 N–H and O–H groups in total. The molecule has 1 aliphatic heterocycles. The Hall–Kier alpha value is -5.25. The van der Waals surface area contributed by atoms with Gasteiger partial charge in [0.1, 0.15) is 11.5 Å². The summed E-state index contributed by atoms with van der Waals surface area (Å²) in [7, 11) is 0. The van der Waals surface area contributed by atoms with Gasteiger partial charge in [0.25, 0.3) is 0 Å². The number of esters is 1. The topological polar surface area (TPSA) is 121 Å². The normalized spacial score (nSPS) is 14.5. The minimum Gasteiger partial charge on any atom is -0.450 e. The molecule has 0 saturated heterocycles. The molecule has 4 aromatic carbocycles. The van der Waals surface area contributed by atoms with Gasteiger partial charge in [-0.1, -0.05) is 48.5 Å². The van der Waals surface area contributed by atoms with Crippen LogP contribution in [-0.4, -0.2) is 27.7 Å². The van der Waals surface area contributed by atoms with Crippen molar-refractivity contribution < 1.29 is 28.7 Å². The van der Waals surface area contributed by atoms with E-state index in [1.165, 1.54) is 26.0 Å². The van der Waals surface area contributed by atoms with Crippen molar-refractivity contribution in [1.29, 1.82) is 0 Å². The van der Waals surface area contributed by atoms with Gasteiger partial charge >= 0.3 is 11.7 Å². The SMILES string of the molecule is CC(=O)Oc1cc2ccccc2cc1C1=NN(C(C)=O)[C@@H](c2ccccc2Oc2ccccc2[N+](=O)[O-])O1. The monoisotopic (exact) mass is 511 g/mol. The number of amides is 1. The van der Waals surface area contributed by atoms with E-state index in [1.807, 2.05) is 24.3 Å². The molecule has 0 bridgehead atoms. The first-order valence-corrected chi connectivity index (χ1v) is 11.6. The van der Waals surface area contributed by atoms with Crippen molar-refractivity contribution in [2.24, 2.45) is 5.10 Å². The zero-order valence-electron chi connectivity index (χ0n) is 20.4. The Bertz CT molecular complexity index is 1620. The number of hydrogen-bond donors (Lipinski definition) is 0. The summed E-state index contributed by atoms with van der Waals surface area (Å²) in [6, 6.07) is 23.7. The summed E-state index contributed by atoms with van der Waals surface area (Å²) in [5.74, 6) is -0.377. The summed E-state index contributed by atoms with van der Waals surface area (Å²) in [6.45, 7) is 2.62. The number of para-hydroxylation sites is 3. The van der Waals surface area contributed by atoms with E-state index in [9.17, 15) is 19.7 Å². The van der Waals surface area contributed by atoms with Crippen molar-refractivity contribution in [3.63, 3.8) is 0 Å². The van der Waals surface area contributed by atoms with E-state index in [0.717, 1.165) is 15.8 Å². The standard InChI is InChI=1S/C28H21N3O7/c1-17(32)30-28(21-11-5-7-13-24(21)37-25-14-8-6-12-23(25)31(34)35)38-27(29-30)22-15-19-9-3-4-10-20(19)16-26(22)36-18(2)33/h3-16,28H,1-2H3/t28-/m1/s1. The second-order valence-corrected chi connectivity index (χ2v) is 8.39. The number of rotatable bonds is 6. The number of ether oxygens (including phenoxy) is 3. The molecule has 0 fully saturated rings. The fraction of sp³-hybridized carbons (Fsp3) is 0.107. The van der Waals surface area contributed by atoms with Crippen molar-refractivity contribution in [3.05, 3.63) is 106 Å². The fourth-order valence-corrected chi connectivity index (χ4v) is 4.09. The zero-order valence-corrected chi connectivity index (χ0v) is 20.4. The highest BCUT2D eigenvalue weighted by Gasteiger charge is 2.36. The predicted octanol–water partition coefficient (Wildman–Crippen LogP) is 5.70. The maximum atomic E-state index is 12.6. The van der Waals surface area contributed by atoms with Gasteiger partial charge < -0.3 is 14.2 Å². The number of nitro groups is 1. The molecular weight excluding hydrogens is 490 g/mol. The highest BCUT2D eigenvalue weighted by molar-refractivity contribution is 6.03. The second kappa shape index (κ2) is 10.0. The number of carbonyl (C=O) groups excluding carboxylic acids is 2. The number of hydrogen-bond acceptors (Lipinski definition) is 8. The summed E-state index contributed by atoms with van der Waals surface area (Å²) in [5.41, 5.74) is 0.580. The number of fused-ring (bicyclic) bond motifs is 1. The molecule has 1 aliphatic rings. The van der Waals surface area contributed by atoms with E-state index in [2.05, 4.69) is 5.10 Å². The molecule has 0 aliphatic carbocycles. The summed E-state index contributed by atoms with van der Waals surface area (Å²) in [6.07, 6.45) is -1.04. The van der Waals surface area contributed by atoms with Gasteiger partial charge in [0.15, 0.2) is 0 Å². The van der Waals surface area contributed by atoms with Crippen LogP contribution in [0.1, 0.15) is 31.2 Å². The molecule has 38 heavy (non-hydrogen) atoms. The number of benzene rings is 4. The highest BCUT2D eigenvalue weighted by Crippen LogP contribution is 2.40. The first-order chi connectivity index (χ1) is 18.3. The smallest absolute Gasteiger partial charge is 0.311 e. The predicted molar refractivity (Wildman–Crippen MR) is 138 cm³/mol. The van der Waals surface area contributed by atoms with Crippen LogP contribution >= 0.6 is 0 Å². The summed E-state index contributed by atoms with van der Waals surface area (Å²) in [4.78, 5) is 35.4. The zero-order chi connectivity index (χ0) is 26.8. The van der Waals surface area contributed by atoms with Crippen molar-refractivity contribution in [2.75, 3.05) is 0 Å². The molecule has 10 heteroatoms. The van der Waals surface area contributed by atoms with Crippen LogP contribution in [0.4, 0.5) is 5.69 Å². The molecule has 0 aromatic heterocycles. The molecule has 0 radical (unpaired) electrons. The lowest BCUT2D eigenvalue weighted by atomic mass is 10.1. The lowest BCUT2D eigenvalue weighted by molar-refractivity contribution is -0.385. The molecule has 5 rings (SSSR count). The molecule has 0 spiro atoms. The van der Waals surface area contributed by atoms with E-state index >= 15 is 0 Å². The molecule has 1 amide bonds.